The van der Waals surface area contributed by atoms with Gasteiger partial charge in [0.2, 0.25) is 6.41 Å². The van der Waals surface area contributed by atoms with E-state index in [1.807, 2.05) is 0 Å². The molecule has 0 spiro atoms. The van der Waals surface area contributed by atoms with Gasteiger partial charge < -0.3 is 10.4 Å². The lowest BCUT2D eigenvalue weighted by Gasteiger charge is -2.33. The summed E-state index contributed by atoms with van der Waals surface area (Å²) in [5, 5.41) is 11.6. The van der Waals surface area contributed by atoms with Gasteiger partial charge in [-0.1, -0.05) is 30.3 Å². The number of urea groups is 1. The first-order chi connectivity index (χ1) is 9.63. The topological polar surface area (TPSA) is 86.7 Å². The van der Waals surface area contributed by atoms with Gasteiger partial charge in [-0.3, -0.25) is 9.69 Å². The van der Waals surface area contributed by atoms with E-state index in [4.69, 9.17) is 0 Å². The number of carboxylic acid groups (broad SMARTS) is 1. The third kappa shape index (κ3) is 2.96. The number of hydrogen-bond donors (Lipinski definition) is 2. The van der Waals surface area contributed by atoms with Crippen molar-refractivity contribution >= 4 is 18.4 Å². The Morgan fingerprint density at radius 2 is 1.95 bits per heavy atom. The number of rotatable bonds is 5. The van der Waals surface area contributed by atoms with Gasteiger partial charge in [0.15, 0.2) is 6.04 Å². The van der Waals surface area contributed by atoms with Gasteiger partial charge in [-0.2, -0.15) is 0 Å². The van der Waals surface area contributed by atoms with E-state index in [2.05, 4.69) is 5.32 Å². The summed E-state index contributed by atoms with van der Waals surface area (Å²) in [7, 11) is 0. The first-order valence-electron chi connectivity index (χ1n) is 6.45. The van der Waals surface area contributed by atoms with Crippen LogP contribution in [0, 0.1) is 0 Å². The molecule has 6 nitrogen and oxygen atoms in total. The number of carboxylic acids is 1. The van der Waals surface area contributed by atoms with Gasteiger partial charge in [0.05, 0.1) is 0 Å². The molecule has 20 heavy (non-hydrogen) atoms. The standard InChI is InChI=1S/C14H16N2O4/c17-9-16(11-7-4-8-11)14(20)15-12(13(18)19)10-5-2-1-3-6-10/h1-3,5-6,9,11-12H,4,7-8H2,(H,15,20)(H,18,19). The molecule has 0 aliphatic heterocycles. The Hall–Kier alpha value is -2.37. The first-order valence-corrected chi connectivity index (χ1v) is 6.45. The molecule has 0 aromatic heterocycles. The Morgan fingerprint density at radius 3 is 2.40 bits per heavy atom. The van der Waals surface area contributed by atoms with Crippen molar-refractivity contribution in [3.8, 4) is 0 Å². The molecule has 0 radical (unpaired) electrons. The highest BCUT2D eigenvalue weighted by molar-refractivity contribution is 5.89. The highest BCUT2D eigenvalue weighted by atomic mass is 16.4. The van der Waals surface area contributed by atoms with E-state index in [-0.39, 0.29) is 6.04 Å². The maximum absolute atomic E-state index is 12.0. The van der Waals surface area contributed by atoms with Crippen molar-refractivity contribution in [3.63, 3.8) is 0 Å². The molecule has 1 fully saturated rings. The highest BCUT2D eigenvalue weighted by Gasteiger charge is 2.31. The van der Waals surface area contributed by atoms with Crippen molar-refractivity contribution in [2.24, 2.45) is 0 Å². The normalized spacial score (nSPS) is 15.8. The lowest BCUT2D eigenvalue weighted by molar-refractivity contribution is -0.139. The summed E-state index contributed by atoms with van der Waals surface area (Å²) in [6.07, 6.45) is 2.98. The summed E-state index contributed by atoms with van der Waals surface area (Å²) in [6, 6.07) is 6.45. The molecule has 3 amide bonds. The van der Waals surface area contributed by atoms with Crippen molar-refractivity contribution in [1.82, 2.24) is 10.2 Å². The molecule has 1 aliphatic carbocycles. The van der Waals surface area contributed by atoms with Crippen LogP contribution >= 0.6 is 0 Å². The lowest BCUT2D eigenvalue weighted by Crippen LogP contribution is -2.50. The van der Waals surface area contributed by atoms with E-state index in [1.165, 1.54) is 0 Å². The molecule has 0 heterocycles. The fraction of sp³-hybridized carbons (Fsp3) is 0.357. The van der Waals surface area contributed by atoms with Gasteiger partial charge in [-0.15, -0.1) is 0 Å². The second-order valence-corrected chi connectivity index (χ2v) is 4.73. The predicted molar refractivity (Wildman–Crippen MR) is 70.9 cm³/mol. The molecule has 2 N–H and O–H groups in total. The minimum absolute atomic E-state index is 0.113. The summed E-state index contributed by atoms with van der Waals surface area (Å²) in [4.78, 5) is 35.3. The van der Waals surface area contributed by atoms with Crippen LogP contribution in [-0.4, -0.2) is 34.5 Å². The van der Waals surface area contributed by atoms with Gasteiger partial charge in [0.25, 0.3) is 0 Å². The number of nitrogens with one attached hydrogen (secondary N) is 1. The minimum atomic E-state index is -1.16. The van der Waals surface area contributed by atoms with Crippen LogP contribution in [-0.2, 0) is 9.59 Å². The quantitative estimate of drug-likeness (QED) is 0.798. The van der Waals surface area contributed by atoms with Crippen molar-refractivity contribution < 1.29 is 19.5 Å². The van der Waals surface area contributed by atoms with Gasteiger partial charge in [0, 0.05) is 6.04 Å². The second-order valence-electron chi connectivity index (χ2n) is 4.73. The Kier molecular flexibility index (Phi) is 4.34. The highest BCUT2D eigenvalue weighted by Crippen LogP contribution is 2.24. The number of amides is 3. The molecule has 1 saturated carbocycles. The monoisotopic (exact) mass is 276 g/mol. The molecule has 1 aromatic carbocycles. The zero-order valence-corrected chi connectivity index (χ0v) is 10.9. The van der Waals surface area contributed by atoms with E-state index in [9.17, 15) is 19.5 Å². The maximum Gasteiger partial charge on any atom is 0.330 e. The van der Waals surface area contributed by atoms with E-state index in [0.29, 0.717) is 12.0 Å². The van der Waals surface area contributed by atoms with Gasteiger partial charge in [0.1, 0.15) is 0 Å². The smallest absolute Gasteiger partial charge is 0.330 e. The fourth-order valence-electron chi connectivity index (χ4n) is 2.10. The molecule has 2 rings (SSSR count). The summed E-state index contributed by atoms with van der Waals surface area (Å²) in [6.45, 7) is 0. The van der Waals surface area contributed by atoms with Crippen LogP contribution in [0.15, 0.2) is 30.3 Å². The molecule has 6 heteroatoms. The summed E-state index contributed by atoms with van der Waals surface area (Å²) < 4.78 is 0. The van der Waals surface area contributed by atoms with E-state index in [0.717, 1.165) is 24.2 Å². The number of carbonyl (C=O) groups excluding carboxylic acids is 2. The molecular weight excluding hydrogens is 260 g/mol. The van der Waals surface area contributed by atoms with Crippen LogP contribution in [0.3, 0.4) is 0 Å². The largest absolute Gasteiger partial charge is 0.479 e. The van der Waals surface area contributed by atoms with Gasteiger partial charge in [-0.05, 0) is 24.8 Å². The molecular formula is C14H16N2O4. The Bertz CT molecular complexity index is 499. The van der Waals surface area contributed by atoms with Crippen molar-refractivity contribution in [1.29, 1.82) is 0 Å². The lowest BCUT2D eigenvalue weighted by atomic mass is 9.92. The summed E-state index contributed by atoms with van der Waals surface area (Å²) in [5.41, 5.74) is 0.466. The number of benzene rings is 1. The maximum atomic E-state index is 12.0. The molecule has 0 bridgehead atoms. The number of aliphatic carboxylic acids is 1. The summed E-state index contributed by atoms with van der Waals surface area (Å²) >= 11 is 0. The second kappa shape index (κ2) is 6.18. The molecule has 0 saturated heterocycles. The Balaban J connectivity index is 2.10. The third-order valence-electron chi connectivity index (χ3n) is 3.46. The molecule has 1 aliphatic rings. The zero-order valence-electron chi connectivity index (χ0n) is 10.9. The van der Waals surface area contributed by atoms with Crippen molar-refractivity contribution in [3.05, 3.63) is 35.9 Å². The van der Waals surface area contributed by atoms with E-state index >= 15 is 0 Å². The van der Waals surface area contributed by atoms with Gasteiger partial charge in [-0.25, -0.2) is 9.59 Å². The Labute approximate surface area is 116 Å². The average Bonchev–Trinajstić information content (AvgIpc) is 2.40. The molecule has 1 atom stereocenters. The van der Waals surface area contributed by atoms with Crippen LogP contribution in [0.1, 0.15) is 30.9 Å². The van der Waals surface area contributed by atoms with Crippen LogP contribution in [0.2, 0.25) is 0 Å². The minimum Gasteiger partial charge on any atom is -0.479 e. The molecule has 1 unspecified atom stereocenters. The average molecular weight is 276 g/mol. The van der Waals surface area contributed by atoms with Crippen LogP contribution in [0.5, 0.6) is 0 Å². The van der Waals surface area contributed by atoms with Crippen LogP contribution in [0.25, 0.3) is 0 Å². The zero-order chi connectivity index (χ0) is 14.5. The first kappa shape index (κ1) is 14.0. The predicted octanol–water partition coefficient (Wildman–Crippen LogP) is 1.53. The van der Waals surface area contributed by atoms with Crippen LogP contribution < -0.4 is 5.32 Å². The van der Waals surface area contributed by atoms with E-state index < -0.39 is 18.0 Å². The fourth-order valence-corrected chi connectivity index (χ4v) is 2.10. The number of imide groups is 1. The number of nitrogens with zero attached hydrogens (tertiary/aromatic N) is 1. The van der Waals surface area contributed by atoms with Crippen molar-refractivity contribution in [2.75, 3.05) is 0 Å². The molecule has 1 aromatic rings. The van der Waals surface area contributed by atoms with E-state index in [1.54, 1.807) is 30.3 Å². The Morgan fingerprint density at radius 1 is 1.30 bits per heavy atom. The summed E-state index contributed by atoms with van der Waals surface area (Å²) in [5.74, 6) is -1.16. The number of carbonyl (C=O) groups is 3. The SMILES string of the molecule is O=CN(C(=O)NC(C(=O)O)c1ccccc1)C1CCC1. The molecule has 106 valence electrons. The third-order valence-corrected chi connectivity index (χ3v) is 3.46. The van der Waals surface area contributed by atoms with Crippen LogP contribution in [0.4, 0.5) is 4.79 Å². The number of hydrogen-bond acceptors (Lipinski definition) is 3. The van der Waals surface area contributed by atoms with Crippen molar-refractivity contribution in [2.45, 2.75) is 31.3 Å². The van der Waals surface area contributed by atoms with Gasteiger partial charge >= 0.3 is 12.0 Å².